The number of methoxy groups -OCH3 is 1. The van der Waals surface area contributed by atoms with E-state index in [0.717, 1.165) is 16.0 Å². The molecular formula is C14H13BrOS. The Balaban J connectivity index is 1.97. The molecule has 0 spiro atoms. The van der Waals surface area contributed by atoms with Crippen LogP contribution in [-0.4, -0.2) is 7.11 Å². The van der Waals surface area contributed by atoms with E-state index in [1.165, 1.54) is 10.5 Å². The van der Waals surface area contributed by atoms with E-state index < -0.39 is 0 Å². The molecule has 2 rings (SSSR count). The molecule has 0 heterocycles. The van der Waals surface area contributed by atoms with Crippen LogP contribution in [0.3, 0.4) is 0 Å². The Labute approximate surface area is 114 Å². The van der Waals surface area contributed by atoms with Crippen molar-refractivity contribution >= 4 is 27.7 Å². The average molecular weight is 309 g/mol. The van der Waals surface area contributed by atoms with Gasteiger partial charge in [0, 0.05) is 15.1 Å². The van der Waals surface area contributed by atoms with E-state index in [1.807, 2.05) is 30.0 Å². The van der Waals surface area contributed by atoms with Crippen molar-refractivity contribution in [1.82, 2.24) is 0 Å². The van der Waals surface area contributed by atoms with Gasteiger partial charge in [0.2, 0.25) is 0 Å². The van der Waals surface area contributed by atoms with Crippen LogP contribution >= 0.6 is 27.7 Å². The number of benzene rings is 2. The summed E-state index contributed by atoms with van der Waals surface area (Å²) in [6, 6.07) is 16.5. The summed E-state index contributed by atoms with van der Waals surface area (Å²) < 4.78 is 6.26. The molecule has 1 nitrogen and oxygen atoms in total. The SMILES string of the molecule is COc1ccc(CSc2cccc(Br)c2)cc1. The molecule has 0 N–H and O–H groups in total. The van der Waals surface area contributed by atoms with Crippen LogP contribution < -0.4 is 4.74 Å². The largest absolute Gasteiger partial charge is 0.497 e. The Kier molecular flexibility index (Phi) is 4.51. The van der Waals surface area contributed by atoms with Crippen LogP contribution in [0, 0.1) is 0 Å². The van der Waals surface area contributed by atoms with Crippen LogP contribution in [-0.2, 0) is 5.75 Å². The van der Waals surface area contributed by atoms with Gasteiger partial charge in [-0.1, -0.05) is 34.1 Å². The molecule has 0 saturated heterocycles. The van der Waals surface area contributed by atoms with Crippen molar-refractivity contribution in [1.29, 1.82) is 0 Å². The summed E-state index contributed by atoms with van der Waals surface area (Å²) in [4.78, 5) is 1.27. The minimum absolute atomic E-state index is 0.904. The summed E-state index contributed by atoms with van der Waals surface area (Å²) in [5.41, 5.74) is 1.30. The van der Waals surface area contributed by atoms with Gasteiger partial charge in [-0.3, -0.25) is 0 Å². The van der Waals surface area contributed by atoms with Crippen LogP contribution in [0.15, 0.2) is 57.9 Å². The maximum absolute atomic E-state index is 5.13. The fraction of sp³-hybridized carbons (Fsp3) is 0.143. The molecule has 0 saturated carbocycles. The molecule has 0 aliphatic heterocycles. The van der Waals surface area contributed by atoms with Gasteiger partial charge in [0.05, 0.1) is 7.11 Å². The monoisotopic (exact) mass is 308 g/mol. The summed E-state index contributed by atoms with van der Waals surface area (Å²) in [6.45, 7) is 0. The Hall–Kier alpha value is -0.930. The molecule has 0 aliphatic rings. The van der Waals surface area contributed by atoms with Gasteiger partial charge >= 0.3 is 0 Å². The standard InChI is InChI=1S/C14H13BrOS/c1-16-13-7-5-11(6-8-13)10-17-14-4-2-3-12(15)9-14/h2-9H,10H2,1H3. The summed E-state index contributed by atoms with van der Waals surface area (Å²) in [5, 5.41) is 0. The second-order valence-corrected chi connectivity index (χ2v) is 5.56. The Morgan fingerprint density at radius 1 is 1.12 bits per heavy atom. The predicted molar refractivity (Wildman–Crippen MR) is 76.7 cm³/mol. The van der Waals surface area contributed by atoms with Gasteiger partial charge in [-0.05, 0) is 35.9 Å². The number of ether oxygens (including phenoxy) is 1. The van der Waals surface area contributed by atoms with Crippen LogP contribution in [0.25, 0.3) is 0 Å². The second kappa shape index (κ2) is 6.12. The van der Waals surface area contributed by atoms with E-state index in [2.05, 4.69) is 46.3 Å². The lowest BCUT2D eigenvalue weighted by atomic mass is 10.2. The molecule has 17 heavy (non-hydrogen) atoms. The first-order valence-corrected chi connectivity index (χ1v) is 7.07. The minimum atomic E-state index is 0.904. The normalized spacial score (nSPS) is 10.2. The lowest BCUT2D eigenvalue weighted by molar-refractivity contribution is 0.414. The van der Waals surface area contributed by atoms with E-state index in [4.69, 9.17) is 4.74 Å². The van der Waals surface area contributed by atoms with Crippen LogP contribution in [0.1, 0.15) is 5.56 Å². The zero-order valence-electron chi connectivity index (χ0n) is 9.52. The highest BCUT2D eigenvalue weighted by atomic mass is 79.9. The lowest BCUT2D eigenvalue weighted by Gasteiger charge is -2.04. The van der Waals surface area contributed by atoms with Crippen molar-refractivity contribution in [2.45, 2.75) is 10.6 Å². The Morgan fingerprint density at radius 3 is 2.53 bits per heavy atom. The predicted octanol–water partition coefficient (Wildman–Crippen LogP) is 4.75. The molecule has 0 aliphatic carbocycles. The fourth-order valence-electron chi connectivity index (χ4n) is 1.45. The summed E-state index contributed by atoms with van der Waals surface area (Å²) >= 11 is 5.31. The van der Waals surface area contributed by atoms with Gasteiger partial charge in [0.25, 0.3) is 0 Å². The molecule has 3 heteroatoms. The quantitative estimate of drug-likeness (QED) is 0.754. The maximum atomic E-state index is 5.13. The molecule has 0 radical (unpaired) electrons. The highest BCUT2D eigenvalue weighted by molar-refractivity contribution is 9.10. The zero-order chi connectivity index (χ0) is 12.1. The first kappa shape index (κ1) is 12.5. The lowest BCUT2D eigenvalue weighted by Crippen LogP contribution is -1.84. The molecule has 88 valence electrons. The van der Waals surface area contributed by atoms with Gasteiger partial charge in [0.15, 0.2) is 0 Å². The van der Waals surface area contributed by atoms with Crippen molar-refractivity contribution in [2.75, 3.05) is 7.11 Å². The van der Waals surface area contributed by atoms with Crippen LogP contribution in [0.5, 0.6) is 5.75 Å². The third-order valence-electron chi connectivity index (χ3n) is 2.36. The zero-order valence-corrected chi connectivity index (χ0v) is 11.9. The fourth-order valence-corrected chi connectivity index (χ4v) is 2.91. The van der Waals surface area contributed by atoms with Gasteiger partial charge in [-0.2, -0.15) is 0 Å². The van der Waals surface area contributed by atoms with E-state index >= 15 is 0 Å². The number of hydrogen-bond acceptors (Lipinski definition) is 2. The molecule has 0 unspecified atom stereocenters. The smallest absolute Gasteiger partial charge is 0.118 e. The molecule has 0 fully saturated rings. The highest BCUT2D eigenvalue weighted by Gasteiger charge is 1.98. The molecule has 0 atom stereocenters. The topological polar surface area (TPSA) is 9.23 Å². The first-order valence-electron chi connectivity index (χ1n) is 5.29. The molecule has 2 aromatic rings. The second-order valence-electron chi connectivity index (χ2n) is 3.59. The van der Waals surface area contributed by atoms with Crippen molar-refractivity contribution in [3.63, 3.8) is 0 Å². The number of hydrogen-bond donors (Lipinski definition) is 0. The molecule has 0 bridgehead atoms. The van der Waals surface area contributed by atoms with E-state index in [-0.39, 0.29) is 0 Å². The highest BCUT2D eigenvalue weighted by Crippen LogP contribution is 2.26. The summed E-state index contributed by atoms with van der Waals surface area (Å²) in [7, 11) is 1.69. The summed E-state index contributed by atoms with van der Waals surface area (Å²) in [5.74, 6) is 1.88. The first-order chi connectivity index (χ1) is 8.28. The third-order valence-corrected chi connectivity index (χ3v) is 3.92. The molecule has 0 amide bonds. The van der Waals surface area contributed by atoms with Crippen molar-refractivity contribution in [3.8, 4) is 5.75 Å². The number of thioether (sulfide) groups is 1. The van der Waals surface area contributed by atoms with Gasteiger partial charge < -0.3 is 4.74 Å². The van der Waals surface area contributed by atoms with Gasteiger partial charge in [0.1, 0.15) is 5.75 Å². The van der Waals surface area contributed by atoms with Crippen molar-refractivity contribution < 1.29 is 4.74 Å². The van der Waals surface area contributed by atoms with Crippen LogP contribution in [0.2, 0.25) is 0 Å². The minimum Gasteiger partial charge on any atom is -0.497 e. The van der Waals surface area contributed by atoms with Crippen molar-refractivity contribution in [2.24, 2.45) is 0 Å². The summed E-state index contributed by atoms with van der Waals surface area (Å²) in [6.07, 6.45) is 0. The average Bonchev–Trinajstić information content (AvgIpc) is 2.37. The molecular weight excluding hydrogens is 296 g/mol. The Bertz CT molecular complexity index is 482. The van der Waals surface area contributed by atoms with Gasteiger partial charge in [-0.15, -0.1) is 11.8 Å². The van der Waals surface area contributed by atoms with E-state index in [0.29, 0.717) is 0 Å². The number of halogens is 1. The van der Waals surface area contributed by atoms with E-state index in [1.54, 1.807) is 7.11 Å². The Morgan fingerprint density at radius 2 is 1.88 bits per heavy atom. The van der Waals surface area contributed by atoms with E-state index in [9.17, 15) is 0 Å². The molecule has 0 aromatic heterocycles. The molecule has 2 aromatic carbocycles. The van der Waals surface area contributed by atoms with Gasteiger partial charge in [-0.25, -0.2) is 0 Å². The third kappa shape index (κ3) is 3.79. The maximum Gasteiger partial charge on any atom is 0.118 e. The van der Waals surface area contributed by atoms with Crippen LogP contribution in [0.4, 0.5) is 0 Å². The van der Waals surface area contributed by atoms with Crippen molar-refractivity contribution in [3.05, 3.63) is 58.6 Å². The number of rotatable bonds is 4.